The lowest BCUT2D eigenvalue weighted by molar-refractivity contribution is -0.137. The Morgan fingerprint density at radius 2 is 1.90 bits per heavy atom. The molecule has 5 heteroatoms. The molecule has 1 atom stereocenters. The molecule has 1 aromatic rings. The Balaban J connectivity index is 2.39. The minimum atomic E-state index is -2.89. The van der Waals surface area contributed by atoms with Crippen molar-refractivity contribution < 1.29 is 18.6 Å². The Kier molecular flexibility index (Phi) is 7.56. The fourth-order valence-corrected chi connectivity index (χ4v) is 4.09. The second kappa shape index (κ2) is 8.93. The molecule has 0 heterocycles. The van der Waals surface area contributed by atoms with E-state index in [9.17, 15) is 9.36 Å². The van der Waals surface area contributed by atoms with E-state index in [0.29, 0.717) is 12.8 Å². The van der Waals surface area contributed by atoms with Crippen LogP contribution in [0.5, 0.6) is 0 Å². The highest BCUT2D eigenvalue weighted by molar-refractivity contribution is 7.59. The van der Waals surface area contributed by atoms with Crippen molar-refractivity contribution in [2.75, 3.05) is 26.0 Å². The number of methoxy groups -OCH3 is 1. The first kappa shape index (κ1) is 16.9. The first-order valence-corrected chi connectivity index (χ1v) is 8.92. The van der Waals surface area contributed by atoms with Crippen molar-refractivity contribution in [3.8, 4) is 0 Å². The predicted molar refractivity (Wildman–Crippen MR) is 80.4 cm³/mol. The smallest absolute Gasteiger partial charge is 0.315 e. The molecule has 0 spiro atoms. The number of rotatable bonds is 9. The van der Waals surface area contributed by atoms with E-state index in [1.165, 1.54) is 12.7 Å². The maximum atomic E-state index is 12.5. The molecule has 0 bridgehead atoms. The molecule has 0 aromatic heterocycles. The maximum absolute atomic E-state index is 12.5. The van der Waals surface area contributed by atoms with Crippen molar-refractivity contribution in [2.45, 2.75) is 26.2 Å². The summed E-state index contributed by atoms with van der Waals surface area (Å²) in [5, 5.41) is 0. The number of esters is 1. The third kappa shape index (κ3) is 6.36. The van der Waals surface area contributed by atoms with Gasteiger partial charge < -0.3 is 9.26 Å². The van der Waals surface area contributed by atoms with Gasteiger partial charge in [0.1, 0.15) is 6.16 Å². The van der Waals surface area contributed by atoms with Gasteiger partial charge in [-0.25, -0.2) is 0 Å². The third-order valence-electron chi connectivity index (χ3n) is 3.02. The van der Waals surface area contributed by atoms with Crippen molar-refractivity contribution in [3.63, 3.8) is 0 Å². The van der Waals surface area contributed by atoms with E-state index in [1.54, 1.807) is 6.92 Å². The lowest BCUT2D eigenvalue weighted by Gasteiger charge is -2.16. The monoisotopic (exact) mass is 298 g/mol. The Morgan fingerprint density at radius 3 is 2.50 bits per heavy atom. The lowest BCUT2D eigenvalue weighted by Crippen LogP contribution is -2.11. The molecule has 0 fully saturated rings. The van der Waals surface area contributed by atoms with Gasteiger partial charge in [-0.3, -0.25) is 9.36 Å². The molecule has 0 N–H and O–H groups in total. The molecular formula is C15H23O4P. The average molecular weight is 298 g/mol. The molecule has 1 aromatic carbocycles. The SMILES string of the molecule is CCOP(=O)(CCCCc1ccccc1)CC(=O)OC. The van der Waals surface area contributed by atoms with Gasteiger partial charge in [0.05, 0.1) is 13.7 Å². The second-order valence-corrected chi connectivity index (χ2v) is 7.28. The van der Waals surface area contributed by atoms with E-state index in [4.69, 9.17) is 4.52 Å². The summed E-state index contributed by atoms with van der Waals surface area (Å²) in [5.41, 5.74) is 1.27. The molecule has 0 amide bonds. The quantitative estimate of drug-likeness (QED) is 0.398. The molecule has 0 radical (unpaired) electrons. The summed E-state index contributed by atoms with van der Waals surface area (Å²) in [6, 6.07) is 10.2. The topological polar surface area (TPSA) is 52.6 Å². The number of benzene rings is 1. The van der Waals surface area contributed by atoms with Crippen LogP contribution in [0.2, 0.25) is 0 Å². The molecule has 1 unspecified atom stereocenters. The molecule has 20 heavy (non-hydrogen) atoms. The third-order valence-corrected chi connectivity index (χ3v) is 5.49. The zero-order valence-corrected chi connectivity index (χ0v) is 13.1. The van der Waals surface area contributed by atoms with Crippen LogP contribution in [0.4, 0.5) is 0 Å². The van der Waals surface area contributed by atoms with Crippen LogP contribution in [-0.2, 0) is 25.0 Å². The van der Waals surface area contributed by atoms with E-state index >= 15 is 0 Å². The molecule has 0 saturated carbocycles. The van der Waals surface area contributed by atoms with Crippen molar-refractivity contribution in [1.82, 2.24) is 0 Å². The molecule has 1 rings (SSSR count). The number of carbonyl (C=O) groups excluding carboxylic acids is 1. The Hall–Kier alpha value is -1.12. The lowest BCUT2D eigenvalue weighted by atomic mass is 10.1. The summed E-state index contributed by atoms with van der Waals surface area (Å²) >= 11 is 0. The second-order valence-electron chi connectivity index (χ2n) is 4.63. The van der Waals surface area contributed by atoms with Gasteiger partial charge in [-0.15, -0.1) is 0 Å². The van der Waals surface area contributed by atoms with Gasteiger partial charge in [0.15, 0.2) is 0 Å². The van der Waals surface area contributed by atoms with Gasteiger partial charge in [-0.1, -0.05) is 30.3 Å². The summed E-state index contributed by atoms with van der Waals surface area (Å²) in [4.78, 5) is 11.3. The van der Waals surface area contributed by atoms with E-state index in [-0.39, 0.29) is 6.16 Å². The largest absolute Gasteiger partial charge is 0.469 e. The average Bonchev–Trinajstić information content (AvgIpc) is 2.45. The summed E-state index contributed by atoms with van der Waals surface area (Å²) in [6.07, 6.45) is 2.97. The molecule has 4 nitrogen and oxygen atoms in total. The van der Waals surface area contributed by atoms with Crippen LogP contribution in [0, 0.1) is 0 Å². The number of ether oxygens (including phenoxy) is 1. The standard InChI is InChI=1S/C15H23O4P/c1-3-19-20(17,13-15(16)18-2)12-8-7-11-14-9-5-4-6-10-14/h4-6,9-10H,3,7-8,11-13H2,1-2H3. The van der Waals surface area contributed by atoms with Crippen LogP contribution in [-0.4, -0.2) is 32.0 Å². The van der Waals surface area contributed by atoms with Crippen LogP contribution in [0.15, 0.2) is 30.3 Å². The van der Waals surface area contributed by atoms with E-state index < -0.39 is 13.3 Å². The fourth-order valence-electron chi connectivity index (χ4n) is 2.01. The predicted octanol–water partition coefficient (Wildman–Crippen LogP) is 3.50. The highest BCUT2D eigenvalue weighted by Gasteiger charge is 2.26. The highest BCUT2D eigenvalue weighted by atomic mass is 31.2. The summed E-state index contributed by atoms with van der Waals surface area (Å²) in [5.74, 6) is -0.468. The van der Waals surface area contributed by atoms with Crippen LogP contribution in [0.25, 0.3) is 0 Å². The number of hydrogen-bond acceptors (Lipinski definition) is 4. The van der Waals surface area contributed by atoms with Gasteiger partial charge >= 0.3 is 5.97 Å². The summed E-state index contributed by atoms with van der Waals surface area (Å²) in [7, 11) is -1.59. The minimum Gasteiger partial charge on any atom is -0.469 e. The van der Waals surface area contributed by atoms with Gasteiger partial charge in [-0.05, 0) is 31.7 Å². The minimum absolute atomic E-state index is 0.122. The van der Waals surface area contributed by atoms with Crippen LogP contribution in [0.3, 0.4) is 0 Å². The van der Waals surface area contributed by atoms with Crippen LogP contribution >= 0.6 is 7.37 Å². The Bertz CT molecular complexity index is 444. The number of carbonyl (C=O) groups is 1. The zero-order chi connectivity index (χ0) is 14.8. The first-order valence-electron chi connectivity index (χ1n) is 6.93. The van der Waals surface area contributed by atoms with E-state index in [2.05, 4.69) is 16.9 Å². The van der Waals surface area contributed by atoms with Gasteiger partial charge in [0.25, 0.3) is 0 Å². The molecule has 0 saturated heterocycles. The fraction of sp³-hybridized carbons (Fsp3) is 0.533. The number of hydrogen-bond donors (Lipinski definition) is 0. The Labute approximate surface area is 120 Å². The van der Waals surface area contributed by atoms with Crippen molar-refractivity contribution in [1.29, 1.82) is 0 Å². The normalized spacial score (nSPS) is 13.7. The van der Waals surface area contributed by atoms with Crippen LogP contribution < -0.4 is 0 Å². The van der Waals surface area contributed by atoms with Crippen molar-refractivity contribution >= 4 is 13.3 Å². The van der Waals surface area contributed by atoms with Crippen molar-refractivity contribution in [3.05, 3.63) is 35.9 Å². The first-order chi connectivity index (χ1) is 9.59. The maximum Gasteiger partial charge on any atom is 0.315 e. The van der Waals surface area contributed by atoms with Gasteiger partial charge in [0, 0.05) is 6.16 Å². The van der Waals surface area contributed by atoms with Crippen molar-refractivity contribution in [2.24, 2.45) is 0 Å². The Morgan fingerprint density at radius 1 is 1.20 bits per heavy atom. The molecule has 112 valence electrons. The summed E-state index contributed by atoms with van der Waals surface area (Å²) in [6.45, 7) is 2.14. The highest BCUT2D eigenvalue weighted by Crippen LogP contribution is 2.47. The van der Waals surface area contributed by atoms with E-state index in [1.807, 2.05) is 18.2 Å². The van der Waals surface area contributed by atoms with Gasteiger partial charge in [-0.2, -0.15) is 0 Å². The van der Waals surface area contributed by atoms with Gasteiger partial charge in [0.2, 0.25) is 7.37 Å². The number of aryl methyl sites for hydroxylation is 1. The van der Waals surface area contributed by atoms with Crippen LogP contribution in [0.1, 0.15) is 25.3 Å². The zero-order valence-electron chi connectivity index (χ0n) is 12.2. The summed E-state index contributed by atoms with van der Waals surface area (Å²) < 4.78 is 22.4. The molecular weight excluding hydrogens is 275 g/mol. The molecule has 0 aliphatic rings. The number of unbranched alkanes of at least 4 members (excludes halogenated alkanes) is 1. The van der Waals surface area contributed by atoms with E-state index in [0.717, 1.165) is 19.3 Å². The molecule has 0 aliphatic heterocycles. The molecule has 0 aliphatic carbocycles.